The van der Waals surface area contributed by atoms with E-state index in [0.717, 1.165) is 24.0 Å². The van der Waals surface area contributed by atoms with E-state index in [2.05, 4.69) is 31.0 Å². The highest BCUT2D eigenvalue weighted by molar-refractivity contribution is 4.93. The summed E-state index contributed by atoms with van der Waals surface area (Å²) in [4.78, 5) is 2.78. The largest absolute Gasteiger partial charge is 0.314 e. The molecule has 0 heterocycles. The standard InChI is InChI=1S/C16H32N2/c1-4-5-6-11-18(13(2)3)16-10-7-14(16)12-17-15-8-9-15/h13-17H,4-12H2,1-3H3. The number of nitrogens with zero attached hydrogens (tertiary/aromatic N) is 1. The molecule has 2 fully saturated rings. The molecule has 18 heavy (non-hydrogen) atoms. The first-order valence-corrected chi connectivity index (χ1v) is 8.21. The Balaban J connectivity index is 1.73. The van der Waals surface area contributed by atoms with Crippen molar-refractivity contribution in [3.8, 4) is 0 Å². The van der Waals surface area contributed by atoms with Gasteiger partial charge in [-0.25, -0.2) is 0 Å². The van der Waals surface area contributed by atoms with Gasteiger partial charge in [-0.15, -0.1) is 0 Å². The van der Waals surface area contributed by atoms with E-state index in [1.54, 1.807) is 0 Å². The molecule has 1 N–H and O–H groups in total. The minimum Gasteiger partial charge on any atom is -0.314 e. The highest BCUT2D eigenvalue weighted by Gasteiger charge is 2.36. The van der Waals surface area contributed by atoms with Gasteiger partial charge < -0.3 is 5.32 Å². The summed E-state index contributed by atoms with van der Waals surface area (Å²) in [5.41, 5.74) is 0. The summed E-state index contributed by atoms with van der Waals surface area (Å²) in [6.45, 7) is 9.62. The normalized spacial score (nSPS) is 27.8. The SMILES string of the molecule is CCCCCN(C(C)C)C1CCC1CNC1CC1. The van der Waals surface area contributed by atoms with Crippen molar-refractivity contribution in [3.05, 3.63) is 0 Å². The van der Waals surface area contributed by atoms with Crippen molar-refractivity contribution in [2.24, 2.45) is 5.92 Å². The zero-order valence-electron chi connectivity index (χ0n) is 12.6. The summed E-state index contributed by atoms with van der Waals surface area (Å²) in [6, 6.07) is 2.46. The fourth-order valence-electron chi connectivity index (χ4n) is 3.18. The van der Waals surface area contributed by atoms with Gasteiger partial charge in [0.05, 0.1) is 0 Å². The van der Waals surface area contributed by atoms with Crippen LogP contribution in [0, 0.1) is 5.92 Å². The molecule has 0 spiro atoms. The Labute approximate surface area is 114 Å². The average molecular weight is 252 g/mol. The van der Waals surface area contributed by atoms with E-state index in [0.29, 0.717) is 0 Å². The maximum absolute atomic E-state index is 3.72. The van der Waals surface area contributed by atoms with Crippen LogP contribution in [-0.4, -0.2) is 36.1 Å². The van der Waals surface area contributed by atoms with Gasteiger partial charge in [0, 0.05) is 18.1 Å². The van der Waals surface area contributed by atoms with E-state index < -0.39 is 0 Å². The smallest absolute Gasteiger partial charge is 0.0138 e. The van der Waals surface area contributed by atoms with Gasteiger partial charge in [-0.2, -0.15) is 0 Å². The number of hydrogen-bond acceptors (Lipinski definition) is 2. The molecule has 0 bridgehead atoms. The average Bonchev–Trinajstić information content (AvgIpc) is 3.10. The third kappa shape index (κ3) is 3.96. The van der Waals surface area contributed by atoms with Gasteiger partial charge in [-0.1, -0.05) is 19.8 Å². The van der Waals surface area contributed by atoms with Gasteiger partial charge in [-0.3, -0.25) is 4.90 Å². The molecule has 0 saturated heterocycles. The molecule has 0 aromatic heterocycles. The van der Waals surface area contributed by atoms with Crippen LogP contribution in [0.1, 0.15) is 65.7 Å². The molecule has 0 aromatic carbocycles. The highest BCUT2D eigenvalue weighted by atomic mass is 15.2. The number of unbranched alkanes of at least 4 members (excludes halogenated alkanes) is 2. The van der Waals surface area contributed by atoms with Crippen LogP contribution in [0.4, 0.5) is 0 Å². The lowest BCUT2D eigenvalue weighted by atomic mass is 9.77. The summed E-state index contributed by atoms with van der Waals surface area (Å²) in [5, 5.41) is 3.72. The molecule has 0 aromatic rings. The van der Waals surface area contributed by atoms with Gasteiger partial charge in [0.2, 0.25) is 0 Å². The number of rotatable bonds is 9. The quantitative estimate of drug-likeness (QED) is 0.633. The summed E-state index contributed by atoms with van der Waals surface area (Å²) < 4.78 is 0. The Morgan fingerprint density at radius 1 is 1.11 bits per heavy atom. The van der Waals surface area contributed by atoms with Crippen LogP contribution in [-0.2, 0) is 0 Å². The maximum Gasteiger partial charge on any atom is 0.0138 e. The molecule has 0 radical (unpaired) electrons. The second-order valence-corrected chi connectivity index (χ2v) is 6.63. The van der Waals surface area contributed by atoms with Crippen LogP contribution >= 0.6 is 0 Å². The van der Waals surface area contributed by atoms with E-state index in [9.17, 15) is 0 Å². The Hall–Kier alpha value is -0.0800. The van der Waals surface area contributed by atoms with Crippen LogP contribution in [0.3, 0.4) is 0 Å². The molecular formula is C16H32N2. The molecule has 2 nitrogen and oxygen atoms in total. The van der Waals surface area contributed by atoms with Crippen LogP contribution in [0.15, 0.2) is 0 Å². The van der Waals surface area contributed by atoms with Crippen molar-refractivity contribution < 1.29 is 0 Å². The third-order valence-corrected chi connectivity index (χ3v) is 4.73. The zero-order valence-corrected chi connectivity index (χ0v) is 12.6. The van der Waals surface area contributed by atoms with E-state index in [-0.39, 0.29) is 0 Å². The van der Waals surface area contributed by atoms with E-state index >= 15 is 0 Å². The first kappa shape index (κ1) is 14.3. The second-order valence-electron chi connectivity index (χ2n) is 6.63. The lowest BCUT2D eigenvalue weighted by Crippen LogP contribution is -2.53. The fraction of sp³-hybridized carbons (Fsp3) is 1.00. The molecule has 2 unspecified atom stereocenters. The molecule has 2 saturated carbocycles. The van der Waals surface area contributed by atoms with E-state index in [1.807, 2.05) is 0 Å². The molecule has 106 valence electrons. The summed E-state index contributed by atoms with van der Waals surface area (Å²) in [6.07, 6.45) is 9.82. The monoisotopic (exact) mass is 252 g/mol. The Morgan fingerprint density at radius 3 is 2.39 bits per heavy atom. The van der Waals surface area contributed by atoms with Crippen LogP contribution in [0.25, 0.3) is 0 Å². The lowest BCUT2D eigenvalue weighted by molar-refractivity contribution is 0.0363. The first-order chi connectivity index (χ1) is 8.72. The molecule has 0 aliphatic heterocycles. The number of nitrogens with one attached hydrogen (secondary N) is 1. The van der Waals surface area contributed by atoms with E-state index in [4.69, 9.17) is 0 Å². The van der Waals surface area contributed by atoms with Crippen LogP contribution in [0.2, 0.25) is 0 Å². The fourth-order valence-corrected chi connectivity index (χ4v) is 3.18. The molecule has 2 heteroatoms. The van der Waals surface area contributed by atoms with Crippen LogP contribution in [0.5, 0.6) is 0 Å². The maximum atomic E-state index is 3.72. The van der Waals surface area contributed by atoms with Crippen molar-refractivity contribution in [2.75, 3.05) is 13.1 Å². The molecule has 2 aliphatic carbocycles. The van der Waals surface area contributed by atoms with Crippen molar-refractivity contribution in [1.82, 2.24) is 10.2 Å². The highest BCUT2D eigenvalue weighted by Crippen LogP contribution is 2.34. The minimum absolute atomic E-state index is 0.718. The number of hydrogen-bond donors (Lipinski definition) is 1. The first-order valence-electron chi connectivity index (χ1n) is 8.21. The summed E-state index contributed by atoms with van der Waals surface area (Å²) in [7, 11) is 0. The Bertz CT molecular complexity index is 235. The summed E-state index contributed by atoms with van der Waals surface area (Å²) in [5.74, 6) is 0.926. The van der Waals surface area contributed by atoms with Crippen LogP contribution < -0.4 is 5.32 Å². The third-order valence-electron chi connectivity index (χ3n) is 4.73. The Kier molecular flexibility index (Phi) is 5.50. The Morgan fingerprint density at radius 2 is 1.89 bits per heavy atom. The topological polar surface area (TPSA) is 15.3 Å². The molecule has 2 atom stereocenters. The van der Waals surface area contributed by atoms with Crippen molar-refractivity contribution >= 4 is 0 Å². The van der Waals surface area contributed by atoms with Gasteiger partial charge in [0.25, 0.3) is 0 Å². The second kappa shape index (κ2) is 6.91. The molecule has 0 amide bonds. The van der Waals surface area contributed by atoms with Gasteiger partial charge >= 0.3 is 0 Å². The zero-order chi connectivity index (χ0) is 13.0. The van der Waals surface area contributed by atoms with Crippen molar-refractivity contribution in [3.63, 3.8) is 0 Å². The van der Waals surface area contributed by atoms with Crippen molar-refractivity contribution in [2.45, 2.75) is 83.8 Å². The van der Waals surface area contributed by atoms with Gasteiger partial charge in [0.15, 0.2) is 0 Å². The van der Waals surface area contributed by atoms with Gasteiger partial charge in [-0.05, 0) is 65.0 Å². The van der Waals surface area contributed by atoms with Crippen molar-refractivity contribution in [1.29, 1.82) is 0 Å². The predicted octanol–water partition coefficient (Wildman–Crippen LogP) is 3.42. The molecule has 2 rings (SSSR count). The molecule has 2 aliphatic rings. The summed E-state index contributed by atoms with van der Waals surface area (Å²) >= 11 is 0. The predicted molar refractivity (Wildman–Crippen MR) is 78.9 cm³/mol. The van der Waals surface area contributed by atoms with E-state index in [1.165, 1.54) is 58.0 Å². The van der Waals surface area contributed by atoms with Gasteiger partial charge in [0.1, 0.15) is 0 Å². The lowest BCUT2D eigenvalue weighted by Gasteiger charge is -2.46. The minimum atomic E-state index is 0.718. The molecular weight excluding hydrogens is 220 g/mol.